The van der Waals surface area contributed by atoms with Crippen LogP contribution in [0.15, 0.2) is 59.4 Å². The summed E-state index contributed by atoms with van der Waals surface area (Å²) in [7, 11) is 3.18. The van der Waals surface area contributed by atoms with Gasteiger partial charge in [-0.15, -0.1) is 0 Å². The van der Waals surface area contributed by atoms with E-state index in [4.69, 9.17) is 14.2 Å². The van der Waals surface area contributed by atoms with E-state index in [9.17, 15) is 4.79 Å². The van der Waals surface area contributed by atoms with E-state index in [0.29, 0.717) is 33.7 Å². The molecule has 0 aliphatic rings. The van der Waals surface area contributed by atoms with Crippen LogP contribution in [-0.2, 0) is 0 Å². The fourth-order valence-corrected chi connectivity index (χ4v) is 4.77. The maximum absolute atomic E-state index is 12.3. The fourth-order valence-electron chi connectivity index (χ4n) is 3.25. The van der Waals surface area contributed by atoms with Gasteiger partial charge in [0.15, 0.2) is 16.6 Å². The first-order valence-corrected chi connectivity index (χ1v) is 11.3. The number of methoxy groups -OCH3 is 2. The third kappa shape index (κ3) is 3.83. The van der Waals surface area contributed by atoms with Gasteiger partial charge in [-0.2, -0.15) is 11.3 Å². The number of benzene rings is 2. The summed E-state index contributed by atoms with van der Waals surface area (Å²) in [6.45, 7) is 0. The highest BCUT2D eigenvalue weighted by Gasteiger charge is 2.13. The van der Waals surface area contributed by atoms with E-state index in [2.05, 4.69) is 15.3 Å². The molecule has 0 radical (unpaired) electrons. The van der Waals surface area contributed by atoms with Crippen LogP contribution >= 0.6 is 22.7 Å². The van der Waals surface area contributed by atoms with E-state index in [-0.39, 0.29) is 5.91 Å². The van der Waals surface area contributed by atoms with Gasteiger partial charge in [-0.1, -0.05) is 11.3 Å². The molecule has 1 N–H and O–H groups in total. The lowest BCUT2D eigenvalue weighted by molar-refractivity contribution is 0.102. The summed E-state index contributed by atoms with van der Waals surface area (Å²) in [5, 5.41) is 7.87. The average Bonchev–Trinajstić information content (AvgIpc) is 3.48. The maximum atomic E-state index is 12.3. The summed E-state index contributed by atoms with van der Waals surface area (Å²) in [6, 6.07) is 12.9. The minimum absolute atomic E-state index is 0.172. The highest BCUT2D eigenvalue weighted by molar-refractivity contribution is 7.22. The maximum Gasteiger partial charge on any atom is 0.258 e. The molecule has 7 nitrogen and oxygen atoms in total. The van der Waals surface area contributed by atoms with Crippen molar-refractivity contribution in [3.8, 4) is 23.0 Å². The average molecular weight is 464 g/mol. The number of pyridine rings is 1. The monoisotopic (exact) mass is 463 g/mol. The van der Waals surface area contributed by atoms with Crippen molar-refractivity contribution in [2.45, 2.75) is 0 Å². The van der Waals surface area contributed by atoms with Gasteiger partial charge >= 0.3 is 0 Å². The van der Waals surface area contributed by atoms with Crippen molar-refractivity contribution in [2.24, 2.45) is 0 Å². The minimum Gasteiger partial charge on any atom is -0.493 e. The number of nitrogens with one attached hydrogen (secondary N) is 1. The Kier molecular flexibility index (Phi) is 5.34. The molecular weight excluding hydrogens is 446 g/mol. The second kappa shape index (κ2) is 8.45. The second-order valence-corrected chi connectivity index (χ2v) is 8.56. The van der Waals surface area contributed by atoms with Crippen LogP contribution in [0.25, 0.3) is 21.1 Å². The largest absolute Gasteiger partial charge is 0.493 e. The van der Waals surface area contributed by atoms with Crippen molar-refractivity contribution < 1.29 is 19.0 Å². The number of carbonyl (C=O) groups is 1. The zero-order valence-corrected chi connectivity index (χ0v) is 18.8. The van der Waals surface area contributed by atoms with Crippen molar-refractivity contribution in [3.63, 3.8) is 0 Å². The van der Waals surface area contributed by atoms with Crippen LogP contribution in [-0.4, -0.2) is 30.1 Å². The molecule has 0 unspecified atom stereocenters. The zero-order chi connectivity index (χ0) is 22.1. The number of hydrogen-bond donors (Lipinski definition) is 1. The van der Waals surface area contributed by atoms with E-state index in [1.54, 1.807) is 37.9 Å². The van der Waals surface area contributed by atoms with E-state index in [1.165, 1.54) is 22.7 Å². The Labute approximate surface area is 191 Å². The Bertz CT molecular complexity index is 1430. The van der Waals surface area contributed by atoms with Crippen LogP contribution in [0.4, 0.5) is 5.13 Å². The molecule has 5 rings (SSSR count). The second-order valence-electron chi connectivity index (χ2n) is 6.75. The number of amides is 1. The first kappa shape index (κ1) is 20.2. The molecule has 0 spiro atoms. The molecule has 5 aromatic rings. The highest BCUT2D eigenvalue weighted by atomic mass is 32.1. The van der Waals surface area contributed by atoms with Gasteiger partial charge in [0, 0.05) is 29.1 Å². The van der Waals surface area contributed by atoms with Crippen LogP contribution in [0, 0.1) is 0 Å². The molecule has 1 amide bonds. The lowest BCUT2D eigenvalue weighted by Gasteiger charge is -2.12. The third-order valence-electron chi connectivity index (χ3n) is 4.80. The molecule has 2 aromatic carbocycles. The number of fused-ring (bicyclic) bond motifs is 2. The Hall–Kier alpha value is -3.69. The molecule has 0 aliphatic carbocycles. The van der Waals surface area contributed by atoms with Crippen molar-refractivity contribution in [2.75, 3.05) is 19.5 Å². The number of nitrogens with zero attached hydrogens (tertiary/aromatic N) is 2. The smallest absolute Gasteiger partial charge is 0.258 e. The van der Waals surface area contributed by atoms with Gasteiger partial charge in [0.25, 0.3) is 5.91 Å². The van der Waals surface area contributed by atoms with E-state index < -0.39 is 0 Å². The summed E-state index contributed by atoms with van der Waals surface area (Å²) >= 11 is 2.87. The molecule has 3 heterocycles. The summed E-state index contributed by atoms with van der Waals surface area (Å²) in [5.41, 5.74) is 2.14. The number of anilines is 1. The topological polar surface area (TPSA) is 82.6 Å². The lowest BCUT2D eigenvalue weighted by Crippen LogP contribution is -2.10. The lowest BCUT2D eigenvalue weighted by atomic mass is 10.2. The number of ether oxygens (including phenoxy) is 3. The van der Waals surface area contributed by atoms with E-state index >= 15 is 0 Å². The van der Waals surface area contributed by atoms with Crippen LogP contribution in [0.2, 0.25) is 0 Å². The molecule has 0 saturated heterocycles. The molecule has 0 saturated carbocycles. The van der Waals surface area contributed by atoms with Crippen LogP contribution in [0.5, 0.6) is 23.0 Å². The normalized spacial score (nSPS) is 10.9. The molecule has 3 aromatic heterocycles. The predicted octanol–water partition coefficient (Wildman–Crippen LogP) is 5.97. The Morgan fingerprint density at radius 3 is 2.59 bits per heavy atom. The number of thiophene rings is 1. The SMILES string of the molecule is COc1cc2nccc(Oc3ccc4nc(NC(=O)c5ccsc5)sc4c3)c2cc1OC. The molecule has 9 heteroatoms. The molecule has 0 aliphatic heterocycles. The van der Waals surface area contributed by atoms with Crippen molar-refractivity contribution in [1.29, 1.82) is 0 Å². The number of carbonyl (C=O) groups excluding carboxylic acids is 1. The number of rotatable bonds is 6. The van der Waals surface area contributed by atoms with Crippen molar-refractivity contribution in [3.05, 3.63) is 65.0 Å². The van der Waals surface area contributed by atoms with Gasteiger partial charge in [-0.05, 0) is 35.7 Å². The molecular formula is C23H17N3O4S2. The summed E-state index contributed by atoms with van der Waals surface area (Å²) < 4.78 is 17.9. The Morgan fingerprint density at radius 1 is 0.969 bits per heavy atom. The number of aromatic nitrogens is 2. The first-order chi connectivity index (χ1) is 15.6. The third-order valence-corrected chi connectivity index (χ3v) is 6.42. The van der Waals surface area contributed by atoms with Gasteiger partial charge in [-0.25, -0.2) is 4.98 Å². The van der Waals surface area contributed by atoms with E-state index in [1.807, 2.05) is 35.7 Å². The summed E-state index contributed by atoms with van der Waals surface area (Å²) in [6.07, 6.45) is 1.69. The van der Waals surface area contributed by atoms with Gasteiger partial charge in [0.1, 0.15) is 11.5 Å². The van der Waals surface area contributed by atoms with Crippen LogP contribution in [0.3, 0.4) is 0 Å². The summed E-state index contributed by atoms with van der Waals surface area (Å²) in [4.78, 5) is 21.2. The van der Waals surface area contributed by atoms with Crippen LogP contribution in [0.1, 0.15) is 10.4 Å². The molecule has 32 heavy (non-hydrogen) atoms. The van der Waals surface area contributed by atoms with Gasteiger partial charge < -0.3 is 14.2 Å². The molecule has 0 atom stereocenters. The Balaban J connectivity index is 1.44. The van der Waals surface area contributed by atoms with Gasteiger partial charge in [0.05, 0.1) is 35.5 Å². The Morgan fingerprint density at radius 2 is 1.81 bits per heavy atom. The zero-order valence-electron chi connectivity index (χ0n) is 17.1. The van der Waals surface area contributed by atoms with Gasteiger partial charge in [-0.3, -0.25) is 15.1 Å². The van der Waals surface area contributed by atoms with Crippen molar-refractivity contribution in [1.82, 2.24) is 9.97 Å². The standard InChI is InChI=1S/C23H17N3O4S2/c1-28-19-10-15-17(11-20(19)29-2)24-7-5-18(15)30-14-3-4-16-21(9-14)32-23(25-16)26-22(27)13-6-8-31-12-13/h3-12H,1-2H3,(H,25,26,27). The molecule has 0 fully saturated rings. The van der Waals surface area contributed by atoms with Gasteiger partial charge in [0.2, 0.25) is 0 Å². The molecule has 0 bridgehead atoms. The van der Waals surface area contributed by atoms with Crippen molar-refractivity contribution >= 4 is 54.8 Å². The predicted molar refractivity (Wildman–Crippen MR) is 127 cm³/mol. The minimum atomic E-state index is -0.172. The van der Waals surface area contributed by atoms with Crippen LogP contribution < -0.4 is 19.5 Å². The molecule has 160 valence electrons. The number of hydrogen-bond acceptors (Lipinski definition) is 8. The fraction of sp³-hybridized carbons (Fsp3) is 0.0870. The first-order valence-electron chi connectivity index (χ1n) is 9.57. The quantitative estimate of drug-likeness (QED) is 0.334. The number of thiazole rings is 1. The highest BCUT2D eigenvalue weighted by Crippen LogP contribution is 2.38. The van der Waals surface area contributed by atoms with E-state index in [0.717, 1.165) is 21.1 Å². The summed E-state index contributed by atoms with van der Waals surface area (Å²) in [5.74, 6) is 2.33.